The highest BCUT2D eigenvalue weighted by molar-refractivity contribution is 5.86. The molecule has 0 atom stereocenters. The number of methoxy groups -OCH3 is 1. The molecule has 0 amide bonds. The average molecular weight is 207 g/mol. The summed E-state index contributed by atoms with van der Waals surface area (Å²) in [7, 11) is 1.27. The van der Waals surface area contributed by atoms with E-state index in [1.807, 2.05) is 0 Å². The topological polar surface area (TPSA) is 73.3 Å². The summed E-state index contributed by atoms with van der Waals surface area (Å²) in [5.41, 5.74) is 2.59. The standard InChI is InChI=1S/C9H9N3O3/c1-3-4-15-12-8-6-10-7(5-11-8)9(13)14-2/h1,5-6H,4H2,2H3,(H,11,12). The van der Waals surface area contributed by atoms with Crippen LogP contribution < -0.4 is 5.48 Å². The molecule has 6 heteroatoms. The molecular weight excluding hydrogens is 198 g/mol. The van der Waals surface area contributed by atoms with Crippen LogP contribution in [0.1, 0.15) is 10.5 Å². The van der Waals surface area contributed by atoms with Crippen LogP contribution >= 0.6 is 0 Å². The number of aromatic nitrogens is 2. The van der Waals surface area contributed by atoms with Gasteiger partial charge in [-0.1, -0.05) is 5.92 Å². The first-order chi connectivity index (χ1) is 7.27. The molecule has 1 rings (SSSR count). The maximum atomic E-state index is 11.0. The molecule has 1 aromatic rings. The quantitative estimate of drug-likeness (QED) is 0.330. The molecule has 0 spiro atoms. The van der Waals surface area contributed by atoms with E-state index in [1.54, 1.807) is 0 Å². The van der Waals surface area contributed by atoms with Gasteiger partial charge in [-0.25, -0.2) is 20.2 Å². The Kier molecular flexibility index (Phi) is 4.06. The van der Waals surface area contributed by atoms with Crippen LogP contribution in [0.3, 0.4) is 0 Å². The SMILES string of the molecule is C#CCONc1cnc(C(=O)OC)cn1. The van der Waals surface area contributed by atoms with Crippen molar-refractivity contribution in [2.24, 2.45) is 0 Å². The first-order valence-electron chi connectivity index (χ1n) is 3.99. The average Bonchev–Trinajstić information content (AvgIpc) is 2.29. The number of carbonyl (C=O) groups excluding carboxylic acids is 1. The van der Waals surface area contributed by atoms with Gasteiger partial charge in [-0.05, 0) is 0 Å². The highest BCUT2D eigenvalue weighted by atomic mass is 16.6. The first-order valence-corrected chi connectivity index (χ1v) is 3.99. The van der Waals surface area contributed by atoms with E-state index in [0.717, 1.165) is 0 Å². The van der Waals surface area contributed by atoms with E-state index in [4.69, 9.17) is 11.3 Å². The molecule has 0 saturated heterocycles. The molecule has 0 bridgehead atoms. The lowest BCUT2D eigenvalue weighted by atomic mass is 10.4. The Morgan fingerprint density at radius 2 is 2.40 bits per heavy atom. The number of ether oxygens (including phenoxy) is 1. The monoisotopic (exact) mass is 207 g/mol. The van der Waals surface area contributed by atoms with Crippen molar-refractivity contribution in [3.63, 3.8) is 0 Å². The Balaban J connectivity index is 2.57. The molecule has 0 radical (unpaired) electrons. The molecule has 0 fully saturated rings. The van der Waals surface area contributed by atoms with Gasteiger partial charge in [-0.3, -0.25) is 4.84 Å². The number of esters is 1. The zero-order valence-corrected chi connectivity index (χ0v) is 8.06. The fourth-order valence-corrected chi connectivity index (χ4v) is 0.742. The van der Waals surface area contributed by atoms with Gasteiger partial charge in [0.2, 0.25) is 0 Å². The highest BCUT2D eigenvalue weighted by Gasteiger charge is 2.06. The molecule has 1 aromatic heterocycles. The van der Waals surface area contributed by atoms with Crippen molar-refractivity contribution >= 4 is 11.8 Å². The number of hydrogen-bond donors (Lipinski definition) is 1. The van der Waals surface area contributed by atoms with E-state index in [9.17, 15) is 4.79 Å². The summed E-state index contributed by atoms with van der Waals surface area (Å²) < 4.78 is 4.46. The van der Waals surface area contributed by atoms with E-state index in [-0.39, 0.29) is 12.3 Å². The summed E-state index contributed by atoms with van der Waals surface area (Å²) in [6.07, 6.45) is 7.57. The number of terminal acetylenes is 1. The van der Waals surface area contributed by atoms with Gasteiger partial charge in [0.1, 0.15) is 6.61 Å². The second kappa shape index (κ2) is 5.57. The zero-order chi connectivity index (χ0) is 11.1. The van der Waals surface area contributed by atoms with Crippen molar-refractivity contribution in [1.29, 1.82) is 0 Å². The molecule has 78 valence electrons. The number of anilines is 1. The maximum absolute atomic E-state index is 11.0. The Hall–Kier alpha value is -2.13. The summed E-state index contributed by atoms with van der Waals surface area (Å²) in [6.45, 7) is 0.112. The summed E-state index contributed by atoms with van der Waals surface area (Å²) in [5, 5.41) is 0. The van der Waals surface area contributed by atoms with E-state index in [0.29, 0.717) is 5.82 Å². The molecular formula is C9H9N3O3. The Morgan fingerprint density at radius 1 is 1.60 bits per heavy atom. The van der Waals surface area contributed by atoms with Crippen LogP contribution in [0, 0.1) is 12.3 Å². The number of nitrogens with one attached hydrogen (secondary N) is 1. The van der Waals surface area contributed by atoms with Gasteiger partial charge in [0, 0.05) is 0 Å². The predicted octanol–water partition coefficient (Wildman–Crippen LogP) is 0.240. The molecule has 0 aliphatic carbocycles. The minimum absolute atomic E-state index is 0.112. The summed E-state index contributed by atoms with van der Waals surface area (Å²) in [5.74, 6) is 2.09. The normalized spacial score (nSPS) is 9.07. The van der Waals surface area contributed by atoms with Crippen molar-refractivity contribution in [2.45, 2.75) is 0 Å². The van der Waals surface area contributed by atoms with Gasteiger partial charge in [-0.2, -0.15) is 0 Å². The minimum Gasteiger partial charge on any atom is -0.464 e. The smallest absolute Gasteiger partial charge is 0.358 e. The number of hydrogen-bond acceptors (Lipinski definition) is 6. The second-order valence-electron chi connectivity index (χ2n) is 2.37. The van der Waals surface area contributed by atoms with Crippen molar-refractivity contribution in [3.8, 4) is 12.3 Å². The van der Waals surface area contributed by atoms with Crippen molar-refractivity contribution in [1.82, 2.24) is 9.97 Å². The molecule has 1 heterocycles. The van der Waals surface area contributed by atoms with Crippen LogP contribution in [-0.2, 0) is 9.57 Å². The van der Waals surface area contributed by atoms with Crippen LogP contribution in [0.25, 0.3) is 0 Å². The number of rotatable bonds is 4. The van der Waals surface area contributed by atoms with Gasteiger partial charge >= 0.3 is 5.97 Å². The fourth-order valence-electron chi connectivity index (χ4n) is 0.742. The summed E-state index contributed by atoms with van der Waals surface area (Å²) in [6, 6.07) is 0. The first kappa shape index (κ1) is 10.9. The lowest BCUT2D eigenvalue weighted by molar-refractivity contribution is 0.0593. The third-order valence-electron chi connectivity index (χ3n) is 1.38. The lowest BCUT2D eigenvalue weighted by Gasteiger charge is -2.03. The number of nitrogens with zero attached hydrogens (tertiary/aromatic N) is 2. The van der Waals surface area contributed by atoms with E-state index in [1.165, 1.54) is 19.5 Å². The van der Waals surface area contributed by atoms with Crippen LogP contribution in [0.2, 0.25) is 0 Å². The van der Waals surface area contributed by atoms with Crippen LogP contribution in [0.15, 0.2) is 12.4 Å². The van der Waals surface area contributed by atoms with E-state index >= 15 is 0 Å². The maximum Gasteiger partial charge on any atom is 0.358 e. The number of carbonyl (C=O) groups is 1. The van der Waals surface area contributed by atoms with Gasteiger partial charge < -0.3 is 4.74 Å². The zero-order valence-electron chi connectivity index (χ0n) is 8.06. The predicted molar refractivity (Wildman–Crippen MR) is 51.8 cm³/mol. The van der Waals surface area contributed by atoms with Crippen LogP contribution in [0.4, 0.5) is 5.82 Å². The van der Waals surface area contributed by atoms with Crippen molar-refractivity contribution in [3.05, 3.63) is 18.1 Å². The van der Waals surface area contributed by atoms with E-state index in [2.05, 4.69) is 26.1 Å². The Bertz CT molecular complexity index is 369. The van der Waals surface area contributed by atoms with Gasteiger partial charge in [0.15, 0.2) is 11.5 Å². The van der Waals surface area contributed by atoms with Crippen molar-refractivity contribution in [2.75, 3.05) is 19.2 Å². The van der Waals surface area contributed by atoms with Gasteiger partial charge in [0.25, 0.3) is 0 Å². The summed E-state index contributed by atoms with van der Waals surface area (Å²) >= 11 is 0. The molecule has 0 saturated carbocycles. The summed E-state index contributed by atoms with van der Waals surface area (Å²) in [4.78, 5) is 23.4. The highest BCUT2D eigenvalue weighted by Crippen LogP contribution is 2.01. The molecule has 0 aliphatic heterocycles. The molecule has 0 aliphatic rings. The fraction of sp³-hybridized carbons (Fsp3) is 0.222. The molecule has 1 N–H and O–H groups in total. The molecule has 6 nitrogen and oxygen atoms in total. The molecule has 15 heavy (non-hydrogen) atoms. The van der Waals surface area contributed by atoms with Crippen LogP contribution in [-0.4, -0.2) is 29.7 Å². The Morgan fingerprint density at radius 3 is 2.93 bits per heavy atom. The van der Waals surface area contributed by atoms with Crippen LogP contribution in [0.5, 0.6) is 0 Å². The van der Waals surface area contributed by atoms with E-state index < -0.39 is 5.97 Å². The Labute approximate surface area is 86.6 Å². The largest absolute Gasteiger partial charge is 0.464 e. The molecule has 0 aromatic carbocycles. The third-order valence-corrected chi connectivity index (χ3v) is 1.38. The lowest BCUT2D eigenvalue weighted by Crippen LogP contribution is -2.07. The van der Waals surface area contributed by atoms with Crippen molar-refractivity contribution < 1.29 is 14.4 Å². The molecule has 0 unspecified atom stereocenters. The second-order valence-corrected chi connectivity index (χ2v) is 2.37. The van der Waals surface area contributed by atoms with Gasteiger partial charge in [-0.15, -0.1) is 6.42 Å². The third kappa shape index (κ3) is 3.25. The van der Waals surface area contributed by atoms with Gasteiger partial charge in [0.05, 0.1) is 19.5 Å². The minimum atomic E-state index is -0.543.